The monoisotopic (exact) mass is 310 g/mol. The maximum Gasteiger partial charge on any atom is 0.262 e. The Hall–Kier alpha value is -3.20. The van der Waals surface area contributed by atoms with Crippen molar-refractivity contribution in [2.45, 2.75) is 13.5 Å². The highest BCUT2D eigenvalue weighted by atomic mass is 16.7. The van der Waals surface area contributed by atoms with Crippen LogP contribution in [0.1, 0.15) is 17.1 Å². The summed E-state index contributed by atoms with van der Waals surface area (Å²) in [7, 11) is 0. The van der Waals surface area contributed by atoms with Gasteiger partial charge in [0.1, 0.15) is 23.2 Å². The van der Waals surface area contributed by atoms with Crippen LogP contribution in [0.5, 0.6) is 11.5 Å². The Morgan fingerprint density at radius 3 is 2.87 bits per heavy atom. The van der Waals surface area contributed by atoms with Crippen LogP contribution in [0.4, 0.5) is 0 Å². The van der Waals surface area contributed by atoms with Gasteiger partial charge in [0.15, 0.2) is 11.5 Å². The quantitative estimate of drug-likeness (QED) is 0.693. The standard InChI is InChI=1S/C17H14N2O4/c1-11-2-4-14(23-11)7-13(8-18)17(20)19-9-12-3-5-15-16(6-12)22-10-21-15/h2-7H,9-10H2,1H3,(H,19,20)/b13-7-. The van der Waals surface area contributed by atoms with Crippen molar-refractivity contribution in [1.82, 2.24) is 5.32 Å². The van der Waals surface area contributed by atoms with Crippen LogP contribution in [0.2, 0.25) is 0 Å². The Labute approximate surface area is 132 Å². The lowest BCUT2D eigenvalue weighted by Crippen LogP contribution is -2.23. The third-order valence-electron chi connectivity index (χ3n) is 3.30. The Morgan fingerprint density at radius 1 is 1.30 bits per heavy atom. The van der Waals surface area contributed by atoms with Crippen LogP contribution >= 0.6 is 0 Å². The van der Waals surface area contributed by atoms with Crippen molar-refractivity contribution in [3.05, 3.63) is 53.0 Å². The maximum atomic E-state index is 12.1. The normalized spacial score (nSPS) is 12.8. The van der Waals surface area contributed by atoms with Crippen molar-refractivity contribution in [1.29, 1.82) is 5.26 Å². The van der Waals surface area contributed by atoms with Gasteiger partial charge in [0.25, 0.3) is 5.91 Å². The minimum atomic E-state index is -0.459. The number of nitrogens with one attached hydrogen (secondary N) is 1. The summed E-state index contributed by atoms with van der Waals surface area (Å²) in [4.78, 5) is 12.1. The fourth-order valence-corrected chi connectivity index (χ4v) is 2.15. The molecule has 0 bridgehead atoms. The second-order valence-electron chi connectivity index (χ2n) is 4.99. The van der Waals surface area contributed by atoms with Gasteiger partial charge >= 0.3 is 0 Å². The highest BCUT2D eigenvalue weighted by molar-refractivity contribution is 6.01. The largest absolute Gasteiger partial charge is 0.462 e. The SMILES string of the molecule is Cc1ccc(/C=C(/C#N)C(=O)NCc2ccc3c(c2)OCO3)o1. The van der Waals surface area contributed by atoms with Crippen LogP contribution in [0.3, 0.4) is 0 Å². The average molecular weight is 310 g/mol. The molecule has 23 heavy (non-hydrogen) atoms. The molecule has 1 N–H and O–H groups in total. The van der Waals surface area contributed by atoms with Crippen molar-refractivity contribution in [3.63, 3.8) is 0 Å². The summed E-state index contributed by atoms with van der Waals surface area (Å²) in [6.07, 6.45) is 1.42. The lowest BCUT2D eigenvalue weighted by atomic mass is 10.2. The Bertz CT molecular complexity index is 814. The van der Waals surface area contributed by atoms with Crippen molar-refractivity contribution < 1.29 is 18.7 Å². The lowest BCUT2D eigenvalue weighted by molar-refractivity contribution is -0.117. The van der Waals surface area contributed by atoms with E-state index in [1.807, 2.05) is 12.1 Å². The fourth-order valence-electron chi connectivity index (χ4n) is 2.15. The lowest BCUT2D eigenvalue weighted by Gasteiger charge is -2.05. The molecule has 0 saturated heterocycles. The number of nitrogens with zero attached hydrogens (tertiary/aromatic N) is 1. The number of benzene rings is 1. The molecule has 0 saturated carbocycles. The summed E-state index contributed by atoms with van der Waals surface area (Å²) in [6.45, 7) is 2.28. The van der Waals surface area contributed by atoms with Crippen molar-refractivity contribution in [2.75, 3.05) is 6.79 Å². The molecule has 2 aromatic rings. The fraction of sp³-hybridized carbons (Fsp3) is 0.176. The minimum absolute atomic E-state index is 0.0138. The predicted molar refractivity (Wildman–Crippen MR) is 81.4 cm³/mol. The molecule has 0 spiro atoms. The number of rotatable bonds is 4. The summed E-state index contributed by atoms with van der Waals surface area (Å²) in [5, 5.41) is 11.8. The number of nitriles is 1. The van der Waals surface area contributed by atoms with Crippen LogP contribution in [0, 0.1) is 18.3 Å². The van der Waals surface area contributed by atoms with Crippen LogP contribution in [-0.2, 0) is 11.3 Å². The molecule has 1 aromatic heterocycles. The number of hydrogen-bond donors (Lipinski definition) is 1. The van der Waals surface area contributed by atoms with Gasteiger partial charge in [-0.3, -0.25) is 4.79 Å². The first kappa shape index (κ1) is 14.7. The molecule has 2 heterocycles. The number of carbonyl (C=O) groups is 1. The third-order valence-corrected chi connectivity index (χ3v) is 3.30. The second kappa shape index (κ2) is 6.28. The van der Waals surface area contributed by atoms with Gasteiger partial charge in [-0.1, -0.05) is 6.07 Å². The Balaban J connectivity index is 1.66. The number of aryl methyl sites for hydroxylation is 1. The van der Waals surface area contributed by atoms with Gasteiger partial charge < -0.3 is 19.2 Å². The molecule has 1 amide bonds. The molecule has 0 unspecified atom stereocenters. The summed E-state index contributed by atoms with van der Waals surface area (Å²) in [5.41, 5.74) is 0.842. The van der Waals surface area contributed by atoms with Gasteiger partial charge in [-0.05, 0) is 36.8 Å². The van der Waals surface area contributed by atoms with E-state index < -0.39 is 5.91 Å². The zero-order valence-corrected chi connectivity index (χ0v) is 12.5. The van der Waals surface area contributed by atoms with E-state index in [0.29, 0.717) is 23.0 Å². The predicted octanol–water partition coefficient (Wildman–Crippen LogP) is 2.54. The van der Waals surface area contributed by atoms with E-state index in [4.69, 9.17) is 19.2 Å². The summed E-state index contributed by atoms with van der Waals surface area (Å²) in [6, 6.07) is 10.8. The average Bonchev–Trinajstić information content (AvgIpc) is 3.18. The van der Waals surface area contributed by atoms with E-state index >= 15 is 0 Å². The molecule has 0 atom stereocenters. The maximum absolute atomic E-state index is 12.1. The number of fused-ring (bicyclic) bond motifs is 1. The van der Waals surface area contributed by atoms with Crippen molar-refractivity contribution >= 4 is 12.0 Å². The smallest absolute Gasteiger partial charge is 0.262 e. The molecule has 1 aliphatic heterocycles. The zero-order valence-electron chi connectivity index (χ0n) is 12.5. The number of amides is 1. The molecule has 3 rings (SSSR count). The van der Waals surface area contributed by atoms with E-state index in [2.05, 4.69) is 5.32 Å². The van der Waals surface area contributed by atoms with Crippen LogP contribution < -0.4 is 14.8 Å². The first-order valence-electron chi connectivity index (χ1n) is 7.00. The number of carbonyl (C=O) groups excluding carboxylic acids is 1. The van der Waals surface area contributed by atoms with E-state index in [9.17, 15) is 4.79 Å². The molecule has 6 heteroatoms. The van der Waals surface area contributed by atoms with Gasteiger partial charge in [-0.2, -0.15) is 5.26 Å². The second-order valence-corrected chi connectivity index (χ2v) is 4.99. The van der Waals surface area contributed by atoms with Crippen LogP contribution in [0.25, 0.3) is 6.08 Å². The molecular formula is C17H14N2O4. The van der Waals surface area contributed by atoms with Gasteiger partial charge in [0.2, 0.25) is 6.79 Å². The molecule has 0 fully saturated rings. The summed E-state index contributed by atoms with van der Waals surface area (Å²) < 4.78 is 15.9. The molecular weight excluding hydrogens is 296 g/mol. The van der Waals surface area contributed by atoms with Crippen LogP contribution in [-0.4, -0.2) is 12.7 Å². The molecule has 1 aliphatic rings. The third kappa shape index (κ3) is 3.35. The minimum Gasteiger partial charge on any atom is -0.462 e. The van der Waals surface area contributed by atoms with Gasteiger partial charge in [0.05, 0.1) is 0 Å². The zero-order chi connectivity index (χ0) is 16.2. The summed E-state index contributed by atoms with van der Waals surface area (Å²) >= 11 is 0. The van der Waals surface area contributed by atoms with E-state index in [0.717, 1.165) is 5.56 Å². The van der Waals surface area contributed by atoms with Crippen LogP contribution in [0.15, 0.2) is 40.3 Å². The van der Waals surface area contributed by atoms with Crippen molar-refractivity contribution in [2.24, 2.45) is 0 Å². The first-order valence-corrected chi connectivity index (χ1v) is 7.00. The molecule has 116 valence electrons. The topological polar surface area (TPSA) is 84.5 Å². The number of ether oxygens (including phenoxy) is 2. The van der Waals surface area contributed by atoms with Crippen molar-refractivity contribution in [3.8, 4) is 17.6 Å². The van der Waals surface area contributed by atoms with Gasteiger partial charge in [0, 0.05) is 12.6 Å². The highest BCUT2D eigenvalue weighted by Crippen LogP contribution is 2.32. The Kier molecular flexibility index (Phi) is 4.02. The number of furan rings is 1. The highest BCUT2D eigenvalue weighted by Gasteiger charge is 2.14. The first-order chi connectivity index (χ1) is 11.2. The number of hydrogen-bond acceptors (Lipinski definition) is 5. The Morgan fingerprint density at radius 2 is 2.13 bits per heavy atom. The summed E-state index contributed by atoms with van der Waals surface area (Å²) in [5.74, 6) is 2.07. The van der Waals surface area contributed by atoms with E-state index in [-0.39, 0.29) is 18.9 Å². The molecule has 0 aliphatic carbocycles. The van der Waals surface area contributed by atoms with E-state index in [1.165, 1.54) is 6.08 Å². The van der Waals surface area contributed by atoms with Gasteiger partial charge in [-0.15, -0.1) is 0 Å². The molecule has 6 nitrogen and oxygen atoms in total. The molecule has 1 aromatic carbocycles. The molecule has 0 radical (unpaired) electrons. The van der Waals surface area contributed by atoms with E-state index in [1.54, 1.807) is 31.2 Å². The van der Waals surface area contributed by atoms with Gasteiger partial charge in [-0.25, -0.2) is 0 Å².